The number of nitrogens with zero attached hydrogens (tertiary/aromatic N) is 1. The quantitative estimate of drug-likeness (QED) is 0.275. The number of hydrogen-bond acceptors (Lipinski definition) is 2. The Hall–Kier alpha value is -3.49. The minimum atomic E-state index is 1.06. The van der Waals surface area contributed by atoms with Gasteiger partial charge in [-0.05, 0) is 50.7 Å². The Morgan fingerprint density at radius 2 is 1.34 bits per heavy atom. The van der Waals surface area contributed by atoms with E-state index in [1.807, 2.05) is 17.5 Å². The first-order valence-electron chi connectivity index (χ1n) is 9.73. The van der Waals surface area contributed by atoms with E-state index in [9.17, 15) is 0 Å². The second kappa shape index (κ2) is 6.54. The van der Waals surface area contributed by atoms with Gasteiger partial charge in [0.05, 0.1) is 10.4 Å². The third kappa shape index (κ3) is 2.72. The molecule has 0 amide bonds. The third-order valence-electron chi connectivity index (χ3n) is 5.51. The predicted octanol–water partition coefficient (Wildman–Crippen LogP) is 7.94. The molecule has 0 spiro atoms. The van der Waals surface area contributed by atoms with Crippen molar-refractivity contribution in [2.24, 2.45) is 0 Å². The smallest absolute Gasteiger partial charge is 0.0880 e. The first kappa shape index (κ1) is 16.5. The molecule has 0 fully saturated rings. The molecule has 29 heavy (non-hydrogen) atoms. The molecular weight excluding hydrogens is 370 g/mol. The van der Waals surface area contributed by atoms with E-state index in [0.29, 0.717) is 0 Å². The number of benzene rings is 4. The van der Waals surface area contributed by atoms with E-state index < -0.39 is 0 Å². The predicted molar refractivity (Wildman–Crippen MR) is 126 cm³/mol. The summed E-state index contributed by atoms with van der Waals surface area (Å²) in [6.45, 7) is 0. The van der Waals surface area contributed by atoms with Gasteiger partial charge in [-0.25, -0.2) is 0 Å². The summed E-state index contributed by atoms with van der Waals surface area (Å²) < 4.78 is 1.24. The highest BCUT2D eigenvalue weighted by molar-refractivity contribution is 7.22. The molecule has 1 nitrogen and oxygen atoms in total. The van der Waals surface area contributed by atoms with Gasteiger partial charge in [0.2, 0.25) is 0 Å². The molecule has 6 rings (SSSR count). The van der Waals surface area contributed by atoms with Gasteiger partial charge in [-0.2, -0.15) is 0 Å². The molecule has 0 N–H and O–H groups in total. The van der Waals surface area contributed by atoms with Crippen molar-refractivity contribution in [2.45, 2.75) is 0 Å². The molecule has 2 heteroatoms. The van der Waals surface area contributed by atoms with Crippen LogP contribution in [-0.4, -0.2) is 4.98 Å². The summed E-state index contributed by atoms with van der Waals surface area (Å²) in [6.07, 6.45) is 1.92. The van der Waals surface area contributed by atoms with Gasteiger partial charge < -0.3 is 0 Å². The summed E-state index contributed by atoms with van der Waals surface area (Å²) >= 11 is 1.82. The number of aromatic nitrogens is 1. The largest absolute Gasteiger partial charge is 0.255 e. The van der Waals surface area contributed by atoms with E-state index in [2.05, 4.69) is 97.1 Å². The van der Waals surface area contributed by atoms with Crippen molar-refractivity contribution < 1.29 is 0 Å². The maximum absolute atomic E-state index is 4.76. The van der Waals surface area contributed by atoms with Crippen molar-refractivity contribution in [3.63, 3.8) is 0 Å². The van der Waals surface area contributed by atoms with Crippen molar-refractivity contribution in [1.82, 2.24) is 4.98 Å². The van der Waals surface area contributed by atoms with Crippen molar-refractivity contribution in [3.05, 3.63) is 103 Å². The van der Waals surface area contributed by atoms with Gasteiger partial charge in [-0.3, -0.25) is 4.98 Å². The summed E-state index contributed by atoms with van der Waals surface area (Å²) in [4.78, 5) is 6.04. The van der Waals surface area contributed by atoms with Crippen molar-refractivity contribution >= 4 is 43.0 Å². The third-order valence-corrected chi connectivity index (χ3v) is 6.72. The highest BCUT2D eigenvalue weighted by Gasteiger charge is 2.11. The Labute approximate surface area is 172 Å². The van der Waals surface area contributed by atoms with E-state index >= 15 is 0 Å². The SMILES string of the molecule is c1ccc(-c2cc3ccnc(-c4ccc5c(ccc6ccccc65)c4)c3s2)cc1. The van der Waals surface area contributed by atoms with E-state index in [-0.39, 0.29) is 0 Å². The van der Waals surface area contributed by atoms with Crippen LogP contribution in [-0.2, 0) is 0 Å². The second-order valence-electron chi connectivity index (χ2n) is 7.28. The topological polar surface area (TPSA) is 12.9 Å². The van der Waals surface area contributed by atoms with Crippen LogP contribution in [0.2, 0.25) is 0 Å². The lowest BCUT2D eigenvalue weighted by atomic mass is 9.99. The number of thiophene rings is 1. The van der Waals surface area contributed by atoms with Crippen molar-refractivity contribution in [1.29, 1.82) is 0 Å². The molecule has 0 unspecified atom stereocenters. The van der Waals surface area contributed by atoms with Crippen LogP contribution < -0.4 is 0 Å². The van der Waals surface area contributed by atoms with Crippen molar-refractivity contribution in [3.8, 4) is 21.7 Å². The van der Waals surface area contributed by atoms with Crippen LogP contribution >= 0.6 is 11.3 Å². The molecule has 0 aliphatic carbocycles. The molecule has 0 bridgehead atoms. The molecule has 0 atom stereocenters. The Kier molecular flexibility index (Phi) is 3.71. The van der Waals surface area contributed by atoms with E-state index in [4.69, 9.17) is 4.98 Å². The fraction of sp³-hybridized carbons (Fsp3) is 0. The average Bonchev–Trinajstić information content (AvgIpc) is 3.24. The molecule has 0 aliphatic heterocycles. The summed E-state index contributed by atoms with van der Waals surface area (Å²) in [5, 5.41) is 6.36. The average molecular weight is 388 g/mol. The van der Waals surface area contributed by atoms with Gasteiger partial charge >= 0.3 is 0 Å². The molecule has 2 heterocycles. The molecule has 0 saturated carbocycles. The zero-order valence-electron chi connectivity index (χ0n) is 15.7. The molecule has 0 saturated heterocycles. The summed E-state index contributed by atoms with van der Waals surface area (Å²) in [5.41, 5.74) is 3.48. The normalized spacial score (nSPS) is 11.4. The van der Waals surface area contributed by atoms with Gasteiger partial charge in [-0.15, -0.1) is 11.3 Å². The van der Waals surface area contributed by atoms with Crippen LogP contribution in [0.25, 0.3) is 53.3 Å². The molecule has 6 aromatic rings. The number of rotatable bonds is 2. The Balaban J connectivity index is 1.55. The van der Waals surface area contributed by atoms with E-state index in [1.165, 1.54) is 47.6 Å². The van der Waals surface area contributed by atoms with Crippen LogP contribution in [0.1, 0.15) is 0 Å². The first-order chi connectivity index (χ1) is 14.4. The molecule has 0 aliphatic rings. The van der Waals surface area contributed by atoms with Gasteiger partial charge in [0.1, 0.15) is 0 Å². The molecule has 0 radical (unpaired) electrons. The van der Waals surface area contributed by atoms with Crippen LogP contribution in [0.3, 0.4) is 0 Å². The molecule has 2 aromatic heterocycles. The van der Waals surface area contributed by atoms with Crippen LogP contribution in [0.5, 0.6) is 0 Å². The zero-order chi connectivity index (χ0) is 19.2. The van der Waals surface area contributed by atoms with Gasteiger partial charge in [0, 0.05) is 16.6 Å². The Bertz CT molecular complexity index is 1500. The summed E-state index contributed by atoms with van der Waals surface area (Å²) in [7, 11) is 0. The standard InChI is InChI=1S/C27H17NS/c1-2-7-19(8-3-1)25-17-22-14-15-28-26(27(22)29-25)21-12-13-24-20(16-21)11-10-18-6-4-5-9-23(18)24/h1-17H. The number of hydrogen-bond donors (Lipinski definition) is 0. The maximum Gasteiger partial charge on any atom is 0.0880 e. The summed E-state index contributed by atoms with van der Waals surface area (Å²) in [5.74, 6) is 0. The Morgan fingerprint density at radius 3 is 2.28 bits per heavy atom. The molecule has 136 valence electrons. The van der Waals surface area contributed by atoms with Crippen LogP contribution in [0, 0.1) is 0 Å². The molecule has 4 aromatic carbocycles. The fourth-order valence-electron chi connectivity index (χ4n) is 4.08. The Morgan fingerprint density at radius 1 is 0.552 bits per heavy atom. The second-order valence-corrected chi connectivity index (χ2v) is 8.33. The summed E-state index contributed by atoms with van der Waals surface area (Å²) in [6, 6.07) is 34.6. The lowest BCUT2D eigenvalue weighted by Crippen LogP contribution is -1.84. The first-order valence-corrected chi connectivity index (χ1v) is 10.5. The van der Waals surface area contributed by atoms with Gasteiger partial charge in [0.25, 0.3) is 0 Å². The van der Waals surface area contributed by atoms with Crippen LogP contribution in [0.4, 0.5) is 0 Å². The number of pyridine rings is 1. The van der Waals surface area contributed by atoms with Gasteiger partial charge in [-0.1, -0.05) is 78.9 Å². The lowest BCUT2D eigenvalue weighted by molar-refractivity contribution is 1.37. The zero-order valence-corrected chi connectivity index (χ0v) is 16.5. The van der Waals surface area contributed by atoms with E-state index in [0.717, 1.165) is 5.69 Å². The van der Waals surface area contributed by atoms with Gasteiger partial charge in [0.15, 0.2) is 0 Å². The maximum atomic E-state index is 4.76. The monoisotopic (exact) mass is 387 g/mol. The van der Waals surface area contributed by atoms with Crippen molar-refractivity contribution in [2.75, 3.05) is 0 Å². The minimum absolute atomic E-state index is 1.06. The number of fused-ring (bicyclic) bond motifs is 4. The van der Waals surface area contributed by atoms with Crippen LogP contribution in [0.15, 0.2) is 103 Å². The van der Waals surface area contributed by atoms with E-state index in [1.54, 1.807) is 0 Å². The minimum Gasteiger partial charge on any atom is -0.255 e. The highest BCUT2D eigenvalue weighted by Crippen LogP contribution is 2.39. The lowest BCUT2D eigenvalue weighted by Gasteiger charge is -2.07. The highest BCUT2D eigenvalue weighted by atomic mass is 32.1. The molecular formula is C27H17NS. The fourth-order valence-corrected chi connectivity index (χ4v) is 5.25.